The van der Waals surface area contributed by atoms with E-state index >= 15 is 0 Å². The zero-order valence-corrected chi connectivity index (χ0v) is 10.9. The number of rotatable bonds is 4. The van der Waals surface area contributed by atoms with Gasteiger partial charge in [-0.2, -0.15) is 0 Å². The summed E-state index contributed by atoms with van der Waals surface area (Å²) in [4.78, 5) is 2.32. The topological polar surface area (TPSA) is 38.5 Å². The molecule has 0 saturated carbocycles. The molecule has 0 saturated heterocycles. The van der Waals surface area contributed by atoms with E-state index in [1.165, 1.54) is 11.1 Å². The molecule has 0 amide bonds. The van der Waals surface area contributed by atoms with E-state index in [9.17, 15) is 0 Å². The molecule has 0 fully saturated rings. The summed E-state index contributed by atoms with van der Waals surface area (Å²) < 4.78 is 5.53. The number of hydrogen-bond donors (Lipinski definition) is 1. The van der Waals surface area contributed by atoms with Crippen LogP contribution in [0.5, 0.6) is 5.75 Å². The quantitative estimate of drug-likeness (QED) is 0.865. The normalized spacial score (nSPS) is 16.1. The Kier molecular flexibility index (Phi) is 3.69. The highest BCUT2D eigenvalue weighted by Gasteiger charge is 2.20. The van der Waals surface area contributed by atoms with Crippen molar-refractivity contribution in [1.29, 1.82) is 0 Å². The number of fused-ring (bicyclic) bond motifs is 1. The van der Waals surface area contributed by atoms with Crippen LogP contribution in [0.15, 0.2) is 18.2 Å². The van der Waals surface area contributed by atoms with Gasteiger partial charge in [0.05, 0.1) is 6.61 Å². The van der Waals surface area contributed by atoms with Crippen molar-refractivity contribution in [3.05, 3.63) is 29.3 Å². The van der Waals surface area contributed by atoms with Crippen LogP contribution in [-0.4, -0.2) is 31.1 Å². The summed E-state index contributed by atoms with van der Waals surface area (Å²) in [5, 5.41) is 0. The molecular formula is C14H22N2O. The number of nitrogens with two attached hydrogens (primary N) is 1. The van der Waals surface area contributed by atoms with Gasteiger partial charge in [-0.25, -0.2) is 0 Å². The summed E-state index contributed by atoms with van der Waals surface area (Å²) >= 11 is 0. The third kappa shape index (κ3) is 2.45. The molecule has 17 heavy (non-hydrogen) atoms. The van der Waals surface area contributed by atoms with Gasteiger partial charge in [0.1, 0.15) is 5.75 Å². The fourth-order valence-corrected chi connectivity index (χ4v) is 2.31. The van der Waals surface area contributed by atoms with Gasteiger partial charge in [0.15, 0.2) is 0 Å². The average Bonchev–Trinajstić information content (AvgIpc) is 2.77. The highest BCUT2D eigenvalue weighted by atomic mass is 16.5. The van der Waals surface area contributed by atoms with E-state index in [0.717, 1.165) is 18.8 Å². The molecule has 0 aromatic heterocycles. The van der Waals surface area contributed by atoms with Crippen molar-refractivity contribution < 1.29 is 4.74 Å². The van der Waals surface area contributed by atoms with Gasteiger partial charge in [0, 0.05) is 25.0 Å². The lowest BCUT2D eigenvalue weighted by Gasteiger charge is -2.31. The first-order valence-corrected chi connectivity index (χ1v) is 6.31. The minimum absolute atomic E-state index is 0.292. The van der Waals surface area contributed by atoms with Crippen LogP contribution < -0.4 is 10.5 Å². The van der Waals surface area contributed by atoms with Crippen LogP contribution in [0.1, 0.15) is 31.0 Å². The largest absolute Gasteiger partial charge is 0.493 e. The second-order valence-electron chi connectivity index (χ2n) is 4.98. The van der Waals surface area contributed by atoms with Crippen LogP contribution in [0.25, 0.3) is 0 Å². The fraction of sp³-hybridized carbons (Fsp3) is 0.571. The van der Waals surface area contributed by atoms with Crippen LogP contribution >= 0.6 is 0 Å². The van der Waals surface area contributed by atoms with E-state index in [4.69, 9.17) is 10.5 Å². The molecule has 1 atom stereocenters. The Morgan fingerprint density at radius 3 is 2.82 bits per heavy atom. The van der Waals surface area contributed by atoms with E-state index in [-0.39, 0.29) is 0 Å². The molecule has 0 spiro atoms. The summed E-state index contributed by atoms with van der Waals surface area (Å²) in [7, 11) is 2.13. The van der Waals surface area contributed by atoms with E-state index in [2.05, 4.69) is 44.0 Å². The molecule has 1 aliphatic heterocycles. The van der Waals surface area contributed by atoms with Crippen molar-refractivity contribution >= 4 is 0 Å². The summed E-state index contributed by atoms with van der Waals surface area (Å²) in [5.41, 5.74) is 8.53. The molecule has 0 bridgehead atoms. The van der Waals surface area contributed by atoms with Gasteiger partial charge in [0.2, 0.25) is 0 Å². The van der Waals surface area contributed by atoms with E-state index in [0.29, 0.717) is 18.6 Å². The molecular weight excluding hydrogens is 212 g/mol. The standard InChI is InChI=1S/C14H22N2O/c1-10(2)16(3)13(9-15)11-4-5-14-12(8-11)6-7-17-14/h4-5,8,10,13H,6-7,9,15H2,1-3H3. The van der Waals surface area contributed by atoms with Crippen LogP contribution in [0, 0.1) is 0 Å². The first-order chi connectivity index (χ1) is 8.13. The molecule has 3 heteroatoms. The molecule has 1 aliphatic rings. The van der Waals surface area contributed by atoms with Crippen molar-refractivity contribution in [2.75, 3.05) is 20.2 Å². The summed E-state index contributed by atoms with van der Waals surface area (Å²) in [6.45, 7) is 5.85. The Balaban J connectivity index is 2.25. The lowest BCUT2D eigenvalue weighted by molar-refractivity contribution is 0.201. The van der Waals surface area contributed by atoms with Crippen molar-refractivity contribution in [2.24, 2.45) is 5.73 Å². The zero-order chi connectivity index (χ0) is 12.4. The number of likely N-dealkylation sites (N-methyl/N-ethyl adjacent to an activating group) is 1. The first kappa shape index (κ1) is 12.4. The zero-order valence-electron chi connectivity index (χ0n) is 10.9. The first-order valence-electron chi connectivity index (χ1n) is 6.31. The SMILES string of the molecule is CC(C)N(C)C(CN)c1ccc2c(c1)CCO2. The van der Waals surface area contributed by atoms with Gasteiger partial charge in [-0.15, -0.1) is 0 Å². The van der Waals surface area contributed by atoms with E-state index in [1.54, 1.807) is 0 Å². The van der Waals surface area contributed by atoms with Gasteiger partial charge >= 0.3 is 0 Å². The third-order valence-corrected chi connectivity index (χ3v) is 3.63. The molecule has 2 rings (SSSR count). The molecule has 94 valence electrons. The predicted octanol–water partition coefficient (Wildman–Crippen LogP) is 1.96. The summed E-state index contributed by atoms with van der Waals surface area (Å²) in [5.74, 6) is 1.04. The fourth-order valence-electron chi connectivity index (χ4n) is 2.31. The Bertz CT molecular complexity index is 390. The van der Waals surface area contributed by atoms with Crippen molar-refractivity contribution in [1.82, 2.24) is 4.90 Å². The van der Waals surface area contributed by atoms with E-state index < -0.39 is 0 Å². The number of nitrogens with zero attached hydrogens (tertiary/aromatic N) is 1. The Hall–Kier alpha value is -1.06. The Morgan fingerprint density at radius 2 is 2.18 bits per heavy atom. The molecule has 0 aliphatic carbocycles. The monoisotopic (exact) mass is 234 g/mol. The third-order valence-electron chi connectivity index (χ3n) is 3.63. The van der Waals surface area contributed by atoms with Crippen molar-refractivity contribution in [2.45, 2.75) is 32.4 Å². The minimum Gasteiger partial charge on any atom is -0.493 e. The average molecular weight is 234 g/mol. The van der Waals surface area contributed by atoms with Gasteiger partial charge in [-0.1, -0.05) is 12.1 Å². The van der Waals surface area contributed by atoms with Gasteiger partial charge in [-0.05, 0) is 38.1 Å². The Labute approximate surface area is 104 Å². The molecule has 1 heterocycles. The summed E-state index contributed by atoms with van der Waals surface area (Å²) in [6.07, 6.45) is 1.02. The van der Waals surface area contributed by atoms with Crippen LogP contribution in [-0.2, 0) is 6.42 Å². The second kappa shape index (κ2) is 5.07. The maximum atomic E-state index is 5.92. The molecule has 3 nitrogen and oxygen atoms in total. The van der Waals surface area contributed by atoms with Crippen LogP contribution in [0.2, 0.25) is 0 Å². The highest BCUT2D eigenvalue weighted by Crippen LogP contribution is 2.30. The Morgan fingerprint density at radius 1 is 1.41 bits per heavy atom. The lowest BCUT2D eigenvalue weighted by Crippen LogP contribution is -2.35. The maximum absolute atomic E-state index is 5.92. The van der Waals surface area contributed by atoms with Gasteiger partial charge < -0.3 is 10.5 Å². The van der Waals surface area contributed by atoms with Gasteiger partial charge in [0.25, 0.3) is 0 Å². The maximum Gasteiger partial charge on any atom is 0.122 e. The second-order valence-corrected chi connectivity index (χ2v) is 4.98. The predicted molar refractivity (Wildman–Crippen MR) is 70.3 cm³/mol. The molecule has 1 aromatic carbocycles. The van der Waals surface area contributed by atoms with Crippen molar-refractivity contribution in [3.63, 3.8) is 0 Å². The van der Waals surface area contributed by atoms with Gasteiger partial charge in [-0.3, -0.25) is 4.90 Å². The van der Waals surface area contributed by atoms with Crippen LogP contribution in [0.3, 0.4) is 0 Å². The summed E-state index contributed by atoms with van der Waals surface area (Å²) in [6, 6.07) is 7.25. The number of hydrogen-bond acceptors (Lipinski definition) is 3. The molecule has 0 radical (unpaired) electrons. The number of benzene rings is 1. The smallest absolute Gasteiger partial charge is 0.122 e. The molecule has 2 N–H and O–H groups in total. The molecule has 1 unspecified atom stereocenters. The van der Waals surface area contributed by atoms with E-state index in [1.807, 2.05) is 0 Å². The highest BCUT2D eigenvalue weighted by molar-refractivity contribution is 5.40. The van der Waals surface area contributed by atoms with Crippen LogP contribution in [0.4, 0.5) is 0 Å². The minimum atomic E-state index is 0.292. The van der Waals surface area contributed by atoms with Crippen molar-refractivity contribution in [3.8, 4) is 5.75 Å². The number of ether oxygens (including phenoxy) is 1. The molecule has 1 aromatic rings. The lowest BCUT2D eigenvalue weighted by atomic mass is 10.0.